The Labute approximate surface area is 92.5 Å². The molecule has 0 aliphatic heterocycles. The summed E-state index contributed by atoms with van der Waals surface area (Å²) in [6, 6.07) is 6.65. The van der Waals surface area contributed by atoms with E-state index in [1.54, 1.807) is 25.1 Å². The third-order valence-corrected chi connectivity index (χ3v) is 2.12. The number of hydrogen-bond donors (Lipinski definition) is 1. The van der Waals surface area contributed by atoms with Crippen LogP contribution in [-0.4, -0.2) is 10.1 Å². The Kier molecular flexibility index (Phi) is 3.26. The highest BCUT2D eigenvalue weighted by Crippen LogP contribution is 2.05. The maximum absolute atomic E-state index is 13.2. The molecule has 1 aromatic heterocycles. The van der Waals surface area contributed by atoms with Crippen molar-refractivity contribution in [1.29, 1.82) is 0 Å². The monoisotopic (exact) mass is 221 g/mol. The molecular weight excluding hydrogens is 209 g/mol. The molecule has 0 spiro atoms. The first-order valence-corrected chi connectivity index (χ1v) is 4.99. The van der Waals surface area contributed by atoms with E-state index in [2.05, 4.69) is 15.5 Å². The van der Waals surface area contributed by atoms with E-state index in [0.717, 1.165) is 0 Å². The standard InChI is InChI=1S/C11H12FN3O/c1-8-14-11(16-15-8)7-13-6-9-4-2-3-5-10(9)12/h2-5,13H,6-7H2,1H3. The van der Waals surface area contributed by atoms with E-state index in [4.69, 9.17) is 4.52 Å². The maximum Gasteiger partial charge on any atom is 0.240 e. The molecule has 0 fully saturated rings. The van der Waals surface area contributed by atoms with E-state index in [1.807, 2.05) is 0 Å². The summed E-state index contributed by atoms with van der Waals surface area (Å²) in [7, 11) is 0. The number of aryl methyl sites for hydroxylation is 1. The Morgan fingerprint density at radius 2 is 2.12 bits per heavy atom. The van der Waals surface area contributed by atoms with Gasteiger partial charge in [0.25, 0.3) is 0 Å². The van der Waals surface area contributed by atoms with Gasteiger partial charge in [0.2, 0.25) is 5.89 Å². The topological polar surface area (TPSA) is 51.0 Å². The van der Waals surface area contributed by atoms with Gasteiger partial charge in [-0.25, -0.2) is 4.39 Å². The van der Waals surface area contributed by atoms with E-state index in [1.165, 1.54) is 6.07 Å². The Balaban J connectivity index is 1.87. The molecule has 0 bridgehead atoms. The summed E-state index contributed by atoms with van der Waals surface area (Å²) in [6.45, 7) is 2.63. The molecule has 84 valence electrons. The van der Waals surface area contributed by atoms with Crippen molar-refractivity contribution in [3.8, 4) is 0 Å². The molecule has 16 heavy (non-hydrogen) atoms. The van der Waals surface area contributed by atoms with E-state index < -0.39 is 0 Å². The smallest absolute Gasteiger partial charge is 0.240 e. The summed E-state index contributed by atoms with van der Waals surface area (Å²) in [5, 5.41) is 6.70. The summed E-state index contributed by atoms with van der Waals surface area (Å²) in [6.07, 6.45) is 0. The van der Waals surface area contributed by atoms with Gasteiger partial charge in [0.1, 0.15) is 5.82 Å². The van der Waals surface area contributed by atoms with Crippen molar-refractivity contribution in [3.63, 3.8) is 0 Å². The summed E-state index contributed by atoms with van der Waals surface area (Å²) in [5.74, 6) is 0.897. The van der Waals surface area contributed by atoms with Gasteiger partial charge in [-0.2, -0.15) is 4.98 Å². The van der Waals surface area contributed by atoms with Crippen molar-refractivity contribution in [2.45, 2.75) is 20.0 Å². The number of rotatable bonds is 4. The van der Waals surface area contributed by atoms with Gasteiger partial charge in [-0.05, 0) is 13.0 Å². The van der Waals surface area contributed by atoms with Crippen LogP contribution in [0.2, 0.25) is 0 Å². The molecule has 0 saturated carbocycles. The van der Waals surface area contributed by atoms with Gasteiger partial charge >= 0.3 is 0 Å². The third-order valence-electron chi connectivity index (χ3n) is 2.12. The molecule has 1 N–H and O–H groups in total. The second-order valence-electron chi connectivity index (χ2n) is 3.43. The lowest BCUT2D eigenvalue weighted by Gasteiger charge is -2.02. The molecule has 0 amide bonds. The van der Waals surface area contributed by atoms with Crippen LogP contribution in [0.25, 0.3) is 0 Å². The van der Waals surface area contributed by atoms with Gasteiger partial charge < -0.3 is 9.84 Å². The van der Waals surface area contributed by atoms with Crippen molar-refractivity contribution in [3.05, 3.63) is 47.4 Å². The molecule has 0 aliphatic carbocycles. The fraction of sp³-hybridized carbons (Fsp3) is 0.273. The van der Waals surface area contributed by atoms with Crippen LogP contribution in [0.3, 0.4) is 0 Å². The molecular formula is C11H12FN3O. The summed E-state index contributed by atoms with van der Waals surface area (Å²) >= 11 is 0. The van der Waals surface area contributed by atoms with Crippen molar-refractivity contribution >= 4 is 0 Å². The normalized spacial score (nSPS) is 10.6. The fourth-order valence-electron chi connectivity index (χ4n) is 1.36. The van der Waals surface area contributed by atoms with E-state index in [0.29, 0.717) is 30.4 Å². The zero-order valence-electron chi connectivity index (χ0n) is 8.90. The van der Waals surface area contributed by atoms with Crippen molar-refractivity contribution in [2.75, 3.05) is 0 Å². The Morgan fingerprint density at radius 1 is 1.31 bits per heavy atom. The quantitative estimate of drug-likeness (QED) is 0.855. The molecule has 2 aromatic rings. The maximum atomic E-state index is 13.2. The Morgan fingerprint density at radius 3 is 2.81 bits per heavy atom. The number of benzene rings is 1. The average Bonchev–Trinajstić information content (AvgIpc) is 2.67. The first kappa shape index (κ1) is 10.8. The first-order chi connectivity index (χ1) is 7.75. The minimum atomic E-state index is -0.211. The number of nitrogens with zero attached hydrogens (tertiary/aromatic N) is 2. The molecule has 1 aromatic carbocycles. The fourth-order valence-corrected chi connectivity index (χ4v) is 1.36. The van der Waals surface area contributed by atoms with Crippen molar-refractivity contribution in [2.24, 2.45) is 0 Å². The highest BCUT2D eigenvalue weighted by atomic mass is 19.1. The molecule has 5 heteroatoms. The predicted octanol–water partition coefficient (Wildman–Crippen LogP) is 1.81. The largest absolute Gasteiger partial charge is 0.338 e. The molecule has 4 nitrogen and oxygen atoms in total. The molecule has 0 atom stereocenters. The van der Waals surface area contributed by atoms with Crippen molar-refractivity contribution < 1.29 is 8.91 Å². The molecule has 1 heterocycles. The number of hydrogen-bond acceptors (Lipinski definition) is 4. The lowest BCUT2D eigenvalue weighted by molar-refractivity contribution is 0.363. The zero-order valence-corrected chi connectivity index (χ0v) is 8.90. The van der Waals surface area contributed by atoms with Crippen LogP contribution in [-0.2, 0) is 13.1 Å². The van der Waals surface area contributed by atoms with E-state index in [-0.39, 0.29) is 5.82 Å². The van der Waals surface area contributed by atoms with Crippen LogP contribution in [0.4, 0.5) is 4.39 Å². The lowest BCUT2D eigenvalue weighted by atomic mass is 10.2. The number of aromatic nitrogens is 2. The van der Waals surface area contributed by atoms with Gasteiger partial charge in [0.05, 0.1) is 6.54 Å². The van der Waals surface area contributed by atoms with Crippen LogP contribution < -0.4 is 5.32 Å². The minimum absolute atomic E-state index is 0.211. The molecule has 2 rings (SSSR count). The Bertz CT molecular complexity index is 470. The van der Waals surface area contributed by atoms with E-state index >= 15 is 0 Å². The van der Waals surface area contributed by atoms with E-state index in [9.17, 15) is 4.39 Å². The number of halogens is 1. The summed E-state index contributed by atoms with van der Waals surface area (Å²) in [4.78, 5) is 4.03. The molecule has 0 saturated heterocycles. The molecule has 0 aliphatic rings. The molecule has 0 unspecified atom stereocenters. The summed E-state index contributed by atoms with van der Waals surface area (Å²) < 4.78 is 18.1. The first-order valence-electron chi connectivity index (χ1n) is 4.99. The van der Waals surface area contributed by atoms with Crippen LogP contribution in [0.15, 0.2) is 28.8 Å². The van der Waals surface area contributed by atoms with Gasteiger partial charge in [-0.1, -0.05) is 23.4 Å². The third kappa shape index (κ3) is 2.64. The van der Waals surface area contributed by atoms with Crippen LogP contribution in [0.5, 0.6) is 0 Å². The summed E-state index contributed by atoms with van der Waals surface area (Å²) in [5.41, 5.74) is 0.624. The average molecular weight is 221 g/mol. The Hall–Kier alpha value is -1.75. The second kappa shape index (κ2) is 4.85. The van der Waals surface area contributed by atoms with Crippen molar-refractivity contribution in [1.82, 2.24) is 15.5 Å². The highest BCUT2D eigenvalue weighted by Gasteiger charge is 2.03. The predicted molar refractivity (Wildman–Crippen MR) is 56.0 cm³/mol. The lowest BCUT2D eigenvalue weighted by Crippen LogP contribution is -2.13. The zero-order chi connectivity index (χ0) is 11.4. The molecule has 0 radical (unpaired) electrons. The highest BCUT2D eigenvalue weighted by molar-refractivity contribution is 5.16. The van der Waals surface area contributed by atoms with Crippen LogP contribution >= 0.6 is 0 Å². The second-order valence-corrected chi connectivity index (χ2v) is 3.43. The SMILES string of the molecule is Cc1noc(CNCc2ccccc2F)n1. The van der Waals surface area contributed by atoms with Gasteiger partial charge in [0.15, 0.2) is 5.82 Å². The van der Waals surface area contributed by atoms with Crippen LogP contribution in [0, 0.1) is 12.7 Å². The van der Waals surface area contributed by atoms with Gasteiger partial charge in [-0.15, -0.1) is 0 Å². The van der Waals surface area contributed by atoms with Gasteiger partial charge in [0, 0.05) is 12.1 Å². The van der Waals surface area contributed by atoms with Gasteiger partial charge in [-0.3, -0.25) is 0 Å². The minimum Gasteiger partial charge on any atom is -0.338 e. The van der Waals surface area contributed by atoms with Crippen LogP contribution in [0.1, 0.15) is 17.3 Å². The number of nitrogens with one attached hydrogen (secondary N) is 1.